The topological polar surface area (TPSA) is 34.0 Å². The largest absolute Gasteiger partial charge is 0.466 e. The number of ether oxygens (including phenoxy) is 1. The van der Waals surface area contributed by atoms with Crippen LogP contribution in [0.4, 0.5) is 0 Å². The van der Waals surface area contributed by atoms with Crippen LogP contribution in [0.2, 0.25) is 0 Å². The van der Waals surface area contributed by atoms with Crippen LogP contribution in [0, 0.1) is 5.92 Å². The van der Waals surface area contributed by atoms with E-state index in [-0.39, 0.29) is 5.92 Å². The molecule has 0 bridgehead atoms. The van der Waals surface area contributed by atoms with Crippen molar-refractivity contribution in [2.45, 2.75) is 0 Å². The quantitative estimate of drug-likeness (QED) is 0.532. The van der Waals surface area contributed by atoms with Crippen molar-refractivity contribution in [2.24, 2.45) is 16.1 Å². The van der Waals surface area contributed by atoms with E-state index in [0.717, 1.165) is 17.0 Å². The Labute approximate surface area is 69.4 Å². The predicted octanol–water partition coefficient (Wildman–Crippen LogP) is 2.28. The highest BCUT2D eigenvalue weighted by molar-refractivity contribution is 5.45. The molecule has 0 aromatic carbocycles. The molecule has 12 heavy (non-hydrogen) atoms. The Kier molecular flexibility index (Phi) is 0.961. The van der Waals surface area contributed by atoms with Crippen molar-refractivity contribution in [1.29, 1.82) is 0 Å². The summed E-state index contributed by atoms with van der Waals surface area (Å²) in [6.07, 6.45) is 9.41. The van der Waals surface area contributed by atoms with Gasteiger partial charge in [0.05, 0.1) is 12.1 Å². The van der Waals surface area contributed by atoms with Gasteiger partial charge in [0.15, 0.2) is 0 Å². The minimum absolute atomic E-state index is 0.215. The number of nitrogens with zero attached hydrogens (tertiary/aromatic N) is 2. The monoisotopic (exact) mass is 158 g/mol. The van der Waals surface area contributed by atoms with Gasteiger partial charge in [0.25, 0.3) is 0 Å². The van der Waals surface area contributed by atoms with E-state index >= 15 is 0 Å². The molecule has 1 atom stereocenters. The number of rotatable bonds is 0. The zero-order valence-corrected chi connectivity index (χ0v) is 6.27. The van der Waals surface area contributed by atoms with E-state index in [2.05, 4.69) is 10.2 Å². The third-order valence-corrected chi connectivity index (χ3v) is 2.16. The average molecular weight is 158 g/mol. The standard InChI is InChI=1S/C9H6N2O/c1-2-6-4-10-11-7-5-12-8(3-1)9(6)7/h1-5,9H. The van der Waals surface area contributed by atoms with Crippen molar-refractivity contribution in [2.75, 3.05) is 0 Å². The predicted molar refractivity (Wildman–Crippen MR) is 42.8 cm³/mol. The number of hydrogen-bond donors (Lipinski definition) is 0. The fraction of sp³-hybridized carbons (Fsp3) is 0.111. The molecular formula is C9H6N2O. The lowest BCUT2D eigenvalue weighted by molar-refractivity contribution is 0.351. The van der Waals surface area contributed by atoms with Gasteiger partial charge in [-0.25, -0.2) is 0 Å². The normalized spacial score (nSPS) is 28.7. The molecule has 0 saturated carbocycles. The molecule has 0 aromatic rings. The van der Waals surface area contributed by atoms with Crippen molar-refractivity contribution in [3.63, 3.8) is 0 Å². The second-order valence-electron chi connectivity index (χ2n) is 2.87. The second-order valence-corrected chi connectivity index (χ2v) is 2.87. The minimum atomic E-state index is 0.215. The van der Waals surface area contributed by atoms with Crippen molar-refractivity contribution in [3.8, 4) is 0 Å². The SMILES string of the molecule is C1=CC2=CN=NC3=COC(=C1)C23. The fourth-order valence-electron chi connectivity index (χ4n) is 1.59. The van der Waals surface area contributed by atoms with Crippen LogP contribution >= 0.6 is 0 Å². The molecule has 2 aliphatic heterocycles. The zero-order chi connectivity index (χ0) is 7.97. The van der Waals surface area contributed by atoms with E-state index < -0.39 is 0 Å². The third kappa shape index (κ3) is 0.605. The second kappa shape index (κ2) is 1.94. The van der Waals surface area contributed by atoms with Gasteiger partial charge >= 0.3 is 0 Å². The molecule has 0 N–H and O–H groups in total. The summed E-state index contributed by atoms with van der Waals surface area (Å²) in [5.41, 5.74) is 2.06. The maximum atomic E-state index is 5.32. The van der Waals surface area contributed by atoms with E-state index in [0.29, 0.717) is 0 Å². The van der Waals surface area contributed by atoms with E-state index in [1.165, 1.54) is 0 Å². The van der Waals surface area contributed by atoms with E-state index in [1.807, 2.05) is 18.2 Å². The summed E-state index contributed by atoms with van der Waals surface area (Å²) in [5, 5.41) is 7.86. The van der Waals surface area contributed by atoms with Gasteiger partial charge in [0.2, 0.25) is 0 Å². The lowest BCUT2D eigenvalue weighted by Gasteiger charge is -2.17. The van der Waals surface area contributed by atoms with Crippen LogP contribution < -0.4 is 0 Å². The molecule has 0 amide bonds. The highest BCUT2D eigenvalue weighted by Gasteiger charge is 2.32. The first kappa shape index (κ1) is 5.94. The lowest BCUT2D eigenvalue weighted by atomic mass is 9.91. The molecule has 0 spiro atoms. The summed E-state index contributed by atoms with van der Waals surface area (Å²) in [4.78, 5) is 0. The first-order valence-corrected chi connectivity index (χ1v) is 3.81. The Morgan fingerprint density at radius 2 is 2.42 bits per heavy atom. The van der Waals surface area contributed by atoms with Gasteiger partial charge in [-0.2, -0.15) is 10.2 Å². The highest BCUT2D eigenvalue weighted by atomic mass is 16.5. The van der Waals surface area contributed by atoms with Crippen molar-refractivity contribution >= 4 is 0 Å². The Hall–Kier alpha value is -1.64. The molecule has 3 rings (SSSR count). The first-order valence-electron chi connectivity index (χ1n) is 3.81. The van der Waals surface area contributed by atoms with Gasteiger partial charge in [0, 0.05) is 0 Å². The highest BCUT2D eigenvalue weighted by Crippen LogP contribution is 2.40. The van der Waals surface area contributed by atoms with Gasteiger partial charge in [-0.3, -0.25) is 0 Å². The third-order valence-electron chi connectivity index (χ3n) is 2.16. The van der Waals surface area contributed by atoms with Crippen LogP contribution in [-0.4, -0.2) is 0 Å². The first-order chi connectivity index (χ1) is 5.95. The van der Waals surface area contributed by atoms with Crippen LogP contribution in [0.15, 0.2) is 57.9 Å². The zero-order valence-electron chi connectivity index (χ0n) is 6.27. The summed E-state index contributed by atoms with van der Waals surface area (Å²) in [5.74, 6) is 1.17. The van der Waals surface area contributed by atoms with Gasteiger partial charge in [-0.1, -0.05) is 12.2 Å². The van der Waals surface area contributed by atoms with Crippen LogP contribution in [-0.2, 0) is 4.74 Å². The summed E-state index contributed by atoms with van der Waals surface area (Å²) in [6, 6.07) is 0. The van der Waals surface area contributed by atoms with Gasteiger partial charge < -0.3 is 4.74 Å². The number of azo groups is 1. The van der Waals surface area contributed by atoms with Crippen LogP contribution in [0.5, 0.6) is 0 Å². The van der Waals surface area contributed by atoms with Crippen molar-refractivity contribution in [1.82, 2.24) is 0 Å². The fourth-order valence-corrected chi connectivity index (χ4v) is 1.59. The molecule has 3 heteroatoms. The van der Waals surface area contributed by atoms with Gasteiger partial charge in [-0.15, -0.1) is 0 Å². The maximum Gasteiger partial charge on any atom is 0.117 e. The minimum Gasteiger partial charge on any atom is -0.466 e. The molecule has 3 aliphatic rings. The molecule has 58 valence electrons. The molecule has 0 saturated heterocycles. The number of allylic oxidation sites excluding steroid dienone is 3. The number of hydrogen-bond acceptors (Lipinski definition) is 3. The van der Waals surface area contributed by atoms with E-state index in [1.54, 1.807) is 12.5 Å². The Balaban J connectivity index is 2.22. The lowest BCUT2D eigenvalue weighted by Crippen LogP contribution is -2.08. The van der Waals surface area contributed by atoms with Crippen LogP contribution in [0.25, 0.3) is 0 Å². The molecular weight excluding hydrogens is 152 g/mol. The summed E-state index contributed by atoms with van der Waals surface area (Å²) >= 11 is 0. The summed E-state index contributed by atoms with van der Waals surface area (Å²) in [7, 11) is 0. The summed E-state index contributed by atoms with van der Waals surface area (Å²) < 4.78 is 5.32. The molecule has 2 heterocycles. The molecule has 1 aliphatic carbocycles. The molecule has 0 fully saturated rings. The van der Waals surface area contributed by atoms with E-state index in [9.17, 15) is 0 Å². The van der Waals surface area contributed by atoms with Crippen molar-refractivity contribution < 1.29 is 4.74 Å². The molecule has 1 unspecified atom stereocenters. The van der Waals surface area contributed by atoms with Gasteiger partial charge in [0.1, 0.15) is 17.7 Å². The molecule has 3 nitrogen and oxygen atoms in total. The van der Waals surface area contributed by atoms with Crippen LogP contribution in [0.1, 0.15) is 0 Å². The molecule has 0 radical (unpaired) electrons. The summed E-state index contributed by atoms with van der Waals surface area (Å²) in [6.45, 7) is 0. The molecule has 0 aromatic heterocycles. The van der Waals surface area contributed by atoms with Crippen LogP contribution in [0.3, 0.4) is 0 Å². The maximum absolute atomic E-state index is 5.32. The Morgan fingerprint density at radius 1 is 1.42 bits per heavy atom. The van der Waals surface area contributed by atoms with E-state index in [4.69, 9.17) is 4.74 Å². The van der Waals surface area contributed by atoms with Crippen molar-refractivity contribution in [3.05, 3.63) is 47.7 Å². The smallest absolute Gasteiger partial charge is 0.117 e. The Bertz CT molecular complexity index is 385. The van der Waals surface area contributed by atoms with Gasteiger partial charge in [-0.05, 0) is 11.6 Å². The Morgan fingerprint density at radius 3 is 3.42 bits per heavy atom. The average Bonchev–Trinajstić information content (AvgIpc) is 2.52.